The van der Waals surface area contributed by atoms with E-state index in [-0.39, 0.29) is 5.82 Å². The van der Waals surface area contributed by atoms with Crippen LogP contribution in [-0.2, 0) is 13.0 Å². The summed E-state index contributed by atoms with van der Waals surface area (Å²) in [6.45, 7) is 2.91. The highest BCUT2D eigenvalue weighted by Crippen LogP contribution is 2.19. The Morgan fingerprint density at radius 3 is 2.79 bits per heavy atom. The minimum absolute atomic E-state index is 0.233. The lowest BCUT2D eigenvalue weighted by atomic mass is 10.2. The van der Waals surface area contributed by atoms with Crippen molar-refractivity contribution in [3.63, 3.8) is 0 Å². The van der Waals surface area contributed by atoms with E-state index in [0.29, 0.717) is 18.3 Å². The summed E-state index contributed by atoms with van der Waals surface area (Å²) in [6.07, 6.45) is 0.692. The second kappa shape index (κ2) is 5.88. The van der Waals surface area contributed by atoms with Gasteiger partial charge >= 0.3 is 0 Å². The zero-order valence-corrected chi connectivity index (χ0v) is 12.3. The van der Waals surface area contributed by atoms with Crippen LogP contribution in [0.1, 0.15) is 12.7 Å². The molecule has 3 nitrogen and oxygen atoms in total. The molecular formula is C14H19ClFN3. The summed E-state index contributed by atoms with van der Waals surface area (Å²) in [5.41, 5.74) is 1.67. The van der Waals surface area contributed by atoms with Crippen molar-refractivity contribution >= 4 is 22.6 Å². The van der Waals surface area contributed by atoms with Crippen molar-refractivity contribution in [3.8, 4) is 0 Å². The van der Waals surface area contributed by atoms with Gasteiger partial charge in [-0.1, -0.05) is 0 Å². The summed E-state index contributed by atoms with van der Waals surface area (Å²) in [6, 6.07) is 5.05. The average molecular weight is 284 g/mol. The number of likely N-dealkylation sites (N-methyl/N-ethyl adjacent to an activating group) is 1. The number of aryl methyl sites for hydroxylation is 1. The lowest BCUT2D eigenvalue weighted by molar-refractivity contribution is 0.284. The largest absolute Gasteiger partial charge is 0.326 e. The quantitative estimate of drug-likeness (QED) is 0.787. The van der Waals surface area contributed by atoms with E-state index in [9.17, 15) is 4.39 Å². The third-order valence-corrected chi connectivity index (χ3v) is 3.62. The number of hydrogen-bond acceptors (Lipinski definition) is 2. The Hall–Kier alpha value is -1.13. The predicted molar refractivity (Wildman–Crippen MR) is 77.3 cm³/mol. The van der Waals surface area contributed by atoms with Crippen molar-refractivity contribution < 1.29 is 4.39 Å². The van der Waals surface area contributed by atoms with Crippen LogP contribution in [0.5, 0.6) is 0 Å². The zero-order chi connectivity index (χ0) is 14.0. The van der Waals surface area contributed by atoms with Crippen molar-refractivity contribution in [1.29, 1.82) is 0 Å². The highest BCUT2D eigenvalue weighted by atomic mass is 35.5. The summed E-state index contributed by atoms with van der Waals surface area (Å²) in [5, 5.41) is 0. The Labute approximate surface area is 118 Å². The number of halogens is 2. The highest BCUT2D eigenvalue weighted by Gasteiger charge is 2.14. The predicted octanol–water partition coefficient (Wildman–Crippen LogP) is 2.91. The molecule has 0 bridgehead atoms. The molecule has 0 amide bonds. The Balaban J connectivity index is 2.47. The van der Waals surface area contributed by atoms with E-state index in [2.05, 4.69) is 21.4 Å². The Morgan fingerprint density at radius 1 is 1.42 bits per heavy atom. The van der Waals surface area contributed by atoms with Crippen LogP contribution in [-0.4, -0.2) is 40.5 Å². The van der Waals surface area contributed by atoms with Gasteiger partial charge in [-0.15, -0.1) is 11.6 Å². The number of aromatic nitrogens is 2. The fourth-order valence-corrected chi connectivity index (χ4v) is 2.22. The Morgan fingerprint density at radius 2 is 2.16 bits per heavy atom. The van der Waals surface area contributed by atoms with Crippen LogP contribution in [0.3, 0.4) is 0 Å². The van der Waals surface area contributed by atoms with Gasteiger partial charge in [-0.05, 0) is 39.2 Å². The van der Waals surface area contributed by atoms with Crippen molar-refractivity contribution in [2.75, 3.05) is 20.0 Å². The number of nitrogens with zero attached hydrogens (tertiary/aromatic N) is 3. The molecule has 2 rings (SSSR count). The number of benzene rings is 1. The van der Waals surface area contributed by atoms with Gasteiger partial charge in [-0.2, -0.15) is 0 Å². The second-order valence-corrected chi connectivity index (χ2v) is 5.40. The average Bonchev–Trinajstić information content (AvgIpc) is 2.68. The molecule has 0 saturated heterocycles. The molecule has 0 fully saturated rings. The van der Waals surface area contributed by atoms with E-state index in [4.69, 9.17) is 11.6 Å². The third kappa shape index (κ3) is 3.07. The van der Waals surface area contributed by atoms with Crippen LogP contribution in [0.25, 0.3) is 11.0 Å². The van der Waals surface area contributed by atoms with Gasteiger partial charge in [-0.25, -0.2) is 9.37 Å². The summed E-state index contributed by atoms with van der Waals surface area (Å²) in [4.78, 5) is 6.68. The summed E-state index contributed by atoms with van der Waals surface area (Å²) in [7, 11) is 4.07. The van der Waals surface area contributed by atoms with Crippen molar-refractivity contribution in [1.82, 2.24) is 14.5 Å². The van der Waals surface area contributed by atoms with Gasteiger partial charge in [0, 0.05) is 24.9 Å². The van der Waals surface area contributed by atoms with E-state index in [0.717, 1.165) is 23.4 Å². The molecule has 104 valence electrons. The smallest absolute Gasteiger partial charge is 0.125 e. The Bertz CT molecular complexity index is 565. The molecule has 1 unspecified atom stereocenters. The molecule has 19 heavy (non-hydrogen) atoms. The van der Waals surface area contributed by atoms with E-state index < -0.39 is 0 Å². The molecule has 0 aliphatic carbocycles. The maximum absolute atomic E-state index is 13.4. The second-order valence-electron chi connectivity index (χ2n) is 5.02. The summed E-state index contributed by atoms with van der Waals surface area (Å²) < 4.78 is 15.5. The first-order chi connectivity index (χ1) is 9.02. The van der Waals surface area contributed by atoms with Crippen LogP contribution in [0.2, 0.25) is 0 Å². The lowest BCUT2D eigenvalue weighted by Gasteiger charge is -2.21. The van der Waals surface area contributed by atoms with Crippen molar-refractivity contribution in [2.45, 2.75) is 25.9 Å². The van der Waals surface area contributed by atoms with Gasteiger partial charge in [0.1, 0.15) is 11.6 Å². The van der Waals surface area contributed by atoms with Crippen LogP contribution in [0.15, 0.2) is 18.2 Å². The van der Waals surface area contributed by atoms with Gasteiger partial charge in [-0.3, -0.25) is 0 Å². The maximum Gasteiger partial charge on any atom is 0.125 e. The van der Waals surface area contributed by atoms with Gasteiger partial charge in [0.2, 0.25) is 0 Å². The van der Waals surface area contributed by atoms with E-state index in [1.54, 1.807) is 12.1 Å². The first-order valence-electron chi connectivity index (χ1n) is 6.40. The van der Waals surface area contributed by atoms with E-state index in [1.165, 1.54) is 6.07 Å². The number of fused-ring (bicyclic) bond motifs is 1. The molecule has 1 atom stereocenters. The molecule has 0 radical (unpaired) electrons. The first-order valence-corrected chi connectivity index (χ1v) is 6.93. The fraction of sp³-hybridized carbons (Fsp3) is 0.500. The van der Waals surface area contributed by atoms with Crippen molar-refractivity contribution in [3.05, 3.63) is 29.8 Å². The molecule has 0 aliphatic heterocycles. The standard InChI is InChI=1S/C14H19ClFN3/c1-10(18(2)3)9-19-13-8-11(16)4-5-12(13)17-14(19)6-7-15/h4-5,8,10H,6-7,9H2,1-3H3. The van der Waals surface area contributed by atoms with Crippen LogP contribution >= 0.6 is 11.6 Å². The molecule has 1 heterocycles. The molecule has 0 N–H and O–H groups in total. The SMILES string of the molecule is CC(Cn1c(CCCl)nc2ccc(F)cc21)N(C)C. The van der Waals surface area contributed by atoms with Crippen LogP contribution in [0.4, 0.5) is 4.39 Å². The van der Waals surface area contributed by atoms with Gasteiger partial charge in [0.15, 0.2) is 0 Å². The molecule has 1 aromatic heterocycles. The number of rotatable bonds is 5. The number of alkyl halides is 1. The molecule has 0 aliphatic rings. The zero-order valence-electron chi connectivity index (χ0n) is 11.5. The minimum atomic E-state index is -0.233. The Kier molecular flexibility index (Phi) is 4.42. The van der Waals surface area contributed by atoms with E-state index in [1.807, 2.05) is 14.1 Å². The first kappa shape index (κ1) is 14.3. The molecule has 2 aromatic rings. The molecule has 0 spiro atoms. The maximum atomic E-state index is 13.4. The summed E-state index contributed by atoms with van der Waals surface area (Å²) in [5.74, 6) is 1.20. The van der Waals surface area contributed by atoms with Gasteiger partial charge < -0.3 is 9.47 Å². The number of hydrogen-bond donors (Lipinski definition) is 0. The normalized spacial score (nSPS) is 13.4. The topological polar surface area (TPSA) is 21.1 Å². The van der Waals surface area contributed by atoms with Crippen molar-refractivity contribution in [2.24, 2.45) is 0 Å². The van der Waals surface area contributed by atoms with E-state index >= 15 is 0 Å². The molecule has 5 heteroatoms. The molecule has 0 saturated carbocycles. The van der Waals surface area contributed by atoms with Gasteiger partial charge in [0.05, 0.1) is 11.0 Å². The fourth-order valence-electron chi connectivity index (χ4n) is 2.05. The molecule has 1 aromatic carbocycles. The summed E-state index contributed by atoms with van der Waals surface area (Å²) >= 11 is 5.83. The lowest BCUT2D eigenvalue weighted by Crippen LogP contribution is -2.29. The van der Waals surface area contributed by atoms with Crippen LogP contribution < -0.4 is 0 Å². The number of imidazole rings is 1. The highest BCUT2D eigenvalue weighted by molar-refractivity contribution is 6.17. The monoisotopic (exact) mass is 283 g/mol. The van der Waals surface area contributed by atoms with Crippen LogP contribution in [0, 0.1) is 5.82 Å². The molecular weight excluding hydrogens is 265 g/mol. The minimum Gasteiger partial charge on any atom is -0.326 e. The third-order valence-electron chi connectivity index (χ3n) is 3.44. The van der Waals surface area contributed by atoms with Gasteiger partial charge in [0.25, 0.3) is 0 Å².